The van der Waals surface area contributed by atoms with E-state index in [0.717, 1.165) is 32.0 Å². The number of hydrogen-bond acceptors (Lipinski definition) is 3. The van der Waals surface area contributed by atoms with Gasteiger partial charge in [-0.15, -0.1) is 0 Å². The van der Waals surface area contributed by atoms with Gasteiger partial charge in [-0.3, -0.25) is 0 Å². The van der Waals surface area contributed by atoms with Crippen LogP contribution in [0.1, 0.15) is 12.8 Å². The van der Waals surface area contributed by atoms with Gasteiger partial charge in [0.25, 0.3) is 0 Å². The fourth-order valence-corrected chi connectivity index (χ4v) is 4.03. The van der Waals surface area contributed by atoms with Crippen LogP contribution in [0.3, 0.4) is 0 Å². The average molecular weight is 379 g/mol. The molecule has 0 N–H and O–H groups in total. The highest BCUT2D eigenvalue weighted by Crippen LogP contribution is 2.24. The Hall–Kier alpha value is -0.500. The maximum absolute atomic E-state index is 13.5. The Kier molecular flexibility index (Phi) is 5.40. The highest BCUT2D eigenvalue weighted by atomic mass is 79.9. The summed E-state index contributed by atoms with van der Waals surface area (Å²) >= 11 is 3.03. The van der Waals surface area contributed by atoms with Crippen molar-refractivity contribution in [2.45, 2.75) is 17.7 Å². The molecule has 1 aromatic rings. The molecule has 118 valence electrons. The number of hydrogen-bond donors (Lipinski definition) is 0. The minimum absolute atomic E-state index is 0.00127. The SMILES string of the molecule is CN1CCC(CN(C)S(=O)(=O)c2ccc(Br)c(F)c2)CC1. The van der Waals surface area contributed by atoms with Gasteiger partial charge < -0.3 is 4.90 Å². The summed E-state index contributed by atoms with van der Waals surface area (Å²) < 4.78 is 40.1. The first kappa shape index (κ1) is 16.9. The van der Waals surface area contributed by atoms with E-state index in [9.17, 15) is 12.8 Å². The van der Waals surface area contributed by atoms with Crippen LogP contribution in [-0.2, 0) is 10.0 Å². The lowest BCUT2D eigenvalue weighted by Gasteiger charge is -2.31. The van der Waals surface area contributed by atoms with Crippen LogP contribution >= 0.6 is 15.9 Å². The number of likely N-dealkylation sites (tertiary alicyclic amines) is 1. The van der Waals surface area contributed by atoms with Gasteiger partial charge in [0.2, 0.25) is 10.0 Å². The lowest BCUT2D eigenvalue weighted by Crippen LogP contribution is -2.37. The molecule has 0 bridgehead atoms. The number of piperidine rings is 1. The first-order chi connectivity index (χ1) is 9.80. The van der Waals surface area contributed by atoms with Crippen LogP contribution in [0.2, 0.25) is 0 Å². The quantitative estimate of drug-likeness (QED) is 0.808. The van der Waals surface area contributed by atoms with Crippen molar-refractivity contribution in [2.75, 3.05) is 33.7 Å². The van der Waals surface area contributed by atoms with Crippen molar-refractivity contribution < 1.29 is 12.8 Å². The fourth-order valence-electron chi connectivity index (χ4n) is 2.52. The Bertz CT molecular complexity index is 601. The summed E-state index contributed by atoms with van der Waals surface area (Å²) in [6.07, 6.45) is 1.98. The average Bonchev–Trinajstić information content (AvgIpc) is 2.44. The number of rotatable bonds is 4. The molecule has 0 aliphatic carbocycles. The Labute approximate surface area is 134 Å². The third kappa shape index (κ3) is 4.03. The van der Waals surface area contributed by atoms with Crippen molar-refractivity contribution in [3.63, 3.8) is 0 Å². The standard InChI is InChI=1S/C14H20BrFN2O2S/c1-17-7-5-11(6-8-17)10-18(2)21(19,20)12-3-4-13(15)14(16)9-12/h3-4,9,11H,5-8,10H2,1-2H3. The number of nitrogens with zero attached hydrogens (tertiary/aromatic N) is 2. The zero-order valence-electron chi connectivity index (χ0n) is 12.2. The van der Waals surface area contributed by atoms with Crippen LogP contribution in [0.25, 0.3) is 0 Å². The summed E-state index contributed by atoms with van der Waals surface area (Å²) in [6.45, 7) is 2.46. The van der Waals surface area contributed by atoms with Crippen molar-refractivity contribution in [3.8, 4) is 0 Å². The molecule has 0 amide bonds. The minimum Gasteiger partial charge on any atom is -0.306 e. The van der Waals surface area contributed by atoms with Gasteiger partial charge >= 0.3 is 0 Å². The Balaban J connectivity index is 2.09. The van der Waals surface area contributed by atoms with Crippen molar-refractivity contribution in [3.05, 3.63) is 28.5 Å². The topological polar surface area (TPSA) is 40.6 Å². The summed E-state index contributed by atoms with van der Waals surface area (Å²) in [5.74, 6) is -0.204. The zero-order valence-corrected chi connectivity index (χ0v) is 14.6. The molecular weight excluding hydrogens is 359 g/mol. The van der Waals surface area contributed by atoms with Crippen molar-refractivity contribution in [1.29, 1.82) is 0 Å². The van der Waals surface area contributed by atoms with Gasteiger partial charge in [-0.1, -0.05) is 0 Å². The second-order valence-corrected chi connectivity index (χ2v) is 8.51. The molecule has 1 heterocycles. The molecule has 21 heavy (non-hydrogen) atoms. The molecule has 1 aliphatic heterocycles. The normalized spacial score (nSPS) is 18.3. The van der Waals surface area contributed by atoms with Gasteiger partial charge in [-0.25, -0.2) is 17.1 Å². The smallest absolute Gasteiger partial charge is 0.242 e. The summed E-state index contributed by atoms with van der Waals surface area (Å²) in [5, 5.41) is 0. The van der Waals surface area contributed by atoms with E-state index < -0.39 is 15.8 Å². The monoisotopic (exact) mass is 378 g/mol. The predicted molar refractivity (Wildman–Crippen MR) is 84.1 cm³/mol. The van der Waals surface area contributed by atoms with Crippen LogP contribution in [0.5, 0.6) is 0 Å². The van der Waals surface area contributed by atoms with E-state index in [-0.39, 0.29) is 9.37 Å². The van der Waals surface area contributed by atoms with E-state index in [4.69, 9.17) is 0 Å². The predicted octanol–water partition coefficient (Wildman–Crippen LogP) is 2.55. The van der Waals surface area contributed by atoms with Gasteiger partial charge in [0.1, 0.15) is 5.82 Å². The largest absolute Gasteiger partial charge is 0.306 e. The Morgan fingerprint density at radius 2 is 2.00 bits per heavy atom. The fraction of sp³-hybridized carbons (Fsp3) is 0.571. The first-order valence-electron chi connectivity index (χ1n) is 6.90. The summed E-state index contributed by atoms with van der Waals surface area (Å²) in [4.78, 5) is 2.24. The van der Waals surface area contributed by atoms with Crippen molar-refractivity contribution >= 4 is 26.0 Å². The van der Waals surface area contributed by atoms with Gasteiger partial charge in [-0.05, 0) is 73.0 Å². The Morgan fingerprint density at radius 3 is 2.57 bits per heavy atom. The molecule has 0 aromatic heterocycles. The molecule has 0 unspecified atom stereocenters. The minimum atomic E-state index is -3.63. The molecule has 1 saturated heterocycles. The van der Waals surface area contributed by atoms with E-state index in [2.05, 4.69) is 27.9 Å². The van der Waals surface area contributed by atoms with Crippen LogP contribution < -0.4 is 0 Å². The summed E-state index contributed by atoms with van der Waals surface area (Å²) in [6, 6.07) is 3.91. The highest BCUT2D eigenvalue weighted by Gasteiger charge is 2.26. The maximum Gasteiger partial charge on any atom is 0.242 e. The number of benzene rings is 1. The zero-order chi connectivity index (χ0) is 15.6. The van der Waals surface area contributed by atoms with E-state index in [0.29, 0.717) is 12.5 Å². The van der Waals surface area contributed by atoms with Crippen molar-refractivity contribution in [1.82, 2.24) is 9.21 Å². The molecule has 1 fully saturated rings. The second kappa shape index (κ2) is 6.73. The Morgan fingerprint density at radius 1 is 1.38 bits per heavy atom. The third-order valence-electron chi connectivity index (χ3n) is 3.95. The van der Waals surface area contributed by atoms with Crippen LogP contribution in [-0.4, -0.2) is 51.4 Å². The number of sulfonamides is 1. The van der Waals surface area contributed by atoms with Gasteiger partial charge in [-0.2, -0.15) is 0 Å². The van der Waals surface area contributed by atoms with Crippen molar-refractivity contribution in [2.24, 2.45) is 5.92 Å². The van der Waals surface area contributed by atoms with E-state index >= 15 is 0 Å². The van der Waals surface area contributed by atoms with Gasteiger partial charge in [0.15, 0.2) is 0 Å². The molecule has 1 aliphatic rings. The lowest BCUT2D eigenvalue weighted by molar-refractivity contribution is 0.202. The van der Waals surface area contributed by atoms with Crippen LogP contribution in [0.4, 0.5) is 4.39 Å². The van der Waals surface area contributed by atoms with Gasteiger partial charge in [0, 0.05) is 13.6 Å². The second-order valence-electron chi connectivity index (χ2n) is 5.61. The molecule has 0 saturated carbocycles. The molecule has 1 aromatic carbocycles. The van der Waals surface area contributed by atoms with E-state index in [1.807, 2.05) is 0 Å². The molecule has 2 rings (SSSR count). The maximum atomic E-state index is 13.5. The third-order valence-corrected chi connectivity index (χ3v) is 6.42. The molecule has 0 spiro atoms. The van der Waals surface area contributed by atoms with Crippen LogP contribution in [0, 0.1) is 11.7 Å². The van der Waals surface area contributed by atoms with E-state index in [1.165, 1.54) is 16.4 Å². The summed E-state index contributed by atoms with van der Waals surface area (Å²) in [7, 11) is 0.00156. The number of halogens is 2. The molecular formula is C14H20BrFN2O2S. The van der Waals surface area contributed by atoms with Crippen LogP contribution in [0.15, 0.2) is 27.6 Å². The highest BCUT2D eigenvalue weighted by molar-refractivity contribution is 9.10. The first-order valence-corrected chi connectivity index (χ1v) is 9.14. The molecule has 0 atom stereocenters. The molecule has 0 radical (unpaired) electrons. The van der Waals surface area contributed by atoms with Gasteiger partial charge in [0.05, 0.1) is 9.37 Å². The molecule has 4 nitrogen and oxygen atoms in total. The summed E-state index contributed by atoms with van der Waals surface area (Å²) in [5.41, 5.74) is 0. The van der Waals surface area contributed by atoms with E-state index in [1.54, 1.807) is 7.05 Å². The lowest BCUT2D eigenvalue weighted by atomic mass is 9.97. The molecule has 7 heteroatoms.